The fraction of sp³-hybridized carbons (Fsp3) is 0.706. The van der Waals surface area contributed by atoms with Gasteiger partial charge in [-0.15, -0.1) is 11.3 Å². The van der Waals surface area contributed by atoms with E-state index in [-0.39, 0.29) is 12.5 Å². The van der Waals surface area contributed by atoms with Gasteiger partial charge >= 0.3 is 0 Å². The van der Waals surface area contributed by atoms with E-state index in [1.807, 2.05) is 13.1 Å². The first kappa shape index (κ1) is 18.7. The van der Waals surface area contributed by atoms with Gasteiger partial charge in [-0.05, 0) is 25.7 Å². The van der Waals surface area contributed by atoms with Gasteiger partial charge in [0, 0.05) is 31.2 Å². The summed E-state index contributed by atoms with van der Waals surface area (Å²) >= 11 is 1.67. The van der Waals surface area contributed by atoms with E-state index in [1.54, 1.807) is 30.3 Å². The van der Waals surface area contributed by atoms with Crippen molar-refractivity contribution < 1.29 is 4.79 Å². The maximum Gasteiger partial charge on any atom is 0.243 e. The monoisotopic (exact) mass is 351 g/mol. The number of amides is 1. The summed E-state index contributed by atoms with van der Waals surface area (Å²) in [5.41, 5.74) is 0. The Morgan fingerprint density at radius 2 is 2.17 bits per heavy atom. The van der Waals surface area contributed by atoms with Gasteiger partial charge in [0.1, 0.15) is 11.6 Å². The van der Waals surface area contributed by atoms with E-state index in [4.69, 9.17) is 0 Å². The molecule has 1 aliphatic rings. The molecule has 2 rings (SSSR count). The molecular formula is C17H29N5OS. The molecule has 2 unspecified atom stereocenters. The number of thiazole rings is 1. The zero-order valence-corrected chi connectivity index (χ0v) is 15.9. The maximum atomic E-state index is 11.8. The van der Waals surface area contributed by atoms with E-state index in [2.05, 4.69) is 27.5 Å². The van der Waals surface area contributed by atoms with Crippen molar-refractivity contribution in [3.63, 3.8) is 0 Å². The minimum Gasteiger partial charge on any atom is -0.353 e. The molecule has 2 N–H and O–H groups in total. The number of guanidine groups is 1. The molecule has 1 fully saturated rings. The SMILES string of the molecule is Cc1cnc(CNC(=NCC(=O)N(C)C)NC2CCCCC2C)s1. The Morgan fingerprint density at radius 1 is 1.42 bits per heavy atom. The number of carbonyl (C=O) groups excluding carboxylic acids is 1. The summed E-state index contributed by atoms with van der Waals surface area (Å²) in [6, 6.07) is 0.414. The minimum atomic E-state index is -0.00196. The van der Waals surface area contributed by atoms with Gasteiger partial charge in [0.15, 0.2) is 5.96 Å². The van der Waals surface area contributed by atoms with Crippen molar-refractivity contribution >= 4 is 23.2 Å². The van der Waals surface area contributed by atoms with Gasteiger partial charge < -0.3 is 15.5 Å². The van der Waals surface area contributed by atoms with Crippen LogP contribution in [0.3, 0.4) is 0 Å². The van der Waals surface area contributed by atoms with Gasteiger partial charge in [-0.25, -0.2) is 9.98 Å². The zero-order valence-electron chi connectivity index (χ0n) is 15.1. The highest BCUT2D eigenvalue weighted by atomic mass is 32.1. The second kappa shape index (κ2) is 9.01. The zero-order chi connectivity index (χ0) is 17.5. The summed E-state index contributed by atoms with van der Waals surface area (Å²) in [6.45, 7) is 5.11. The average Bonchev–Trinajstić information content (AvgIpc) is 2.97. The third-order valence-electron chi connectivity index (χ3n) is 4.38. The van der Waals surface area contributed by atoms with E-state index in [0.717, 1.165) is 11.4 Å². The Morgan fingerprint density at radius 3 is 2.79 bits per heavy atom. The molecule has 0 saturated heterocycles. The van der Waals surface area contributed by atoms with E-state index in [0.29, 0.717) is 24.5 Å². The molecule has 0 aromatic carbocycles. The van der Waals surface area contributed by atoms with Gasteiger partial charge in [0.2, 0.25) is 5.91 Å². The molecule has 0 spiro atoms. The van der Waals surface area contributed by atoms with Crippen LogP contribution < -0.4 is 10.6 Å². The first-order valence-corrected chi connectivity index (χ1v) is 9.43. The number of rotatable bonds is 5. The number of hydrogen-bond acceptors (Lipinski definition) is 4. The minimum absolute atomic E-state index is 0.00196. The Kier molecular flexibility index (Phi) is 7.02. The van der Waals surface area contributed by atoms with Crippen LogP contribution in [-0.2, 0) is 11.3 Å². The van der Waals surface area contributed by atoms with Gasteiger partial charge in [-0.3, -0.25) is 4.79 Å². The number of likely N-dealkylation sites (N-methyl/N-ethyl adjacent to an activating group) is 1. The lowest BCUT2D eigenvalue weighted by molar-refractivity contribution is -0.127. The summed E-state index contributed by atoms with van der Waals surface area (Å²) in [4.78, 5) is 23.4. The lowest BCUT2D eigenvalue weighted by atomic mass is 9.86. The summed E-state index contributed by atoms with van der Waals surface area (Å²) in [6.07, 6.45) is 6.83. The van der Waals surface area contributed by atoms with Crippen LogP contribution >= 0.6 is 11.3 Å². The van der Waals surface area contributed by atoms with Crippen molar-refractivity contribution in [2.24, 2.45) is 10.9 Å². The number of carbonyl (C=O) groups is 1. The number of aryl methyl sites for hydroxylation is 1. The fourth-order valence-corrected chi connectivity index (χ4v) is 3.52. The third kappa shape index (κ3) is 5.78. The molecule has 6 nitrogen and oxygen atoms in total. The van der Waals surface area contributed by atoms with E-state index in [1.165, 1.54) is 24.1 Å². The number of nitrogens with one attached hydrogen (secondary N) is 2. The van der Waals surface area contributed by atoms with E-state index < -0.39 is 0 Å². The third-order valence-corrected chi connectivity index (χ3v) is 5.29. The lowest BCUT2D eigenvalue weighted by Crippen LogP contribution is -2.47. The molecule has 1 amide bonds. The molecule has 1 aromatic rings. The molecule has 7 heteroatoms. The average molecular weight is 352 g/mol. The number of nitrogens with zero attached hydrogens (tertiary/aromatic N) is 3. The normalized spacial score (nSPS) is 21.4. The maximum absolute atomic E-state index is 11.8. The highest BCUT2D eigenvalue weighted by molar-refractivity contribution is 7.11. The van der Waals surface area contributed by atoms with Crippen LogP contribution in [0.2, 0.25) is 0 Å². The molecule has 2 atom stereocenters. The lowest BCUT2D eigenvalue weighted by Gasteiger charge is -2.30. The highest BCUT2D eigenvalue weighted by Crippen LogP contribution is 2.23. The summed E-state index contributed by atoms with van der Waals surface area (Å²) in [7, 11) is 3.50. The van der Waals surface area contributed by atoms with Crippen LogP contribution in [0, 0.1) is 12.8 Å². The predicted molar refractivity (Wildman–Crippen MR) is 99.2 cm³/mol. The second-order valence-corrected chi connectivity index (χ2v) is 8.00. The largest absolute Gasteiger partial charge is 0.353 e. The molecule has 1 heterocycles. The summed E-state index contributed by atoms with van der Waals surface area (Å²) in [5.74, 6) is 1.33. The van der Waals surface area contributed by atoms with Crippen molar-refractivity contribution in [3.05, 3.63) is 16.1 Å². The number of aliphatic imine (C=N–C) groups is 1. The summed E-state index contributed by atoms with van der Waals surface area (Å²) < 4.78 is 0. The van der Waals surface area contributed by atoms with Gasteiger partial charge in [-0.2, -0.15) is 0 Å². The molecule has 0 bridgehead atoms. The van der Waals surface area contributed by atoms with Crippen LogP contribution in [0.15, 0.2) is 11.2 Å². The van der Waals surface area contributed by atoms with Crippen LogP contribution in [0.4, 0.5) is 0 Å². The van der Waals surface area contributed by atoms with Crippen LogP contribution in [0.25, 0.3) is 0 Å². The molecular weight excluding hydrogens is 322 g/mol. The molecule has 134 valence electrons. The number of aromatic nitrogens is 1. The van der Waals surface area contributed by atoms with Gasteiger partial charge in [0.25, 0.3) is 0 Å². The smallest absolute Gasteiger partial charge is 0.243 e. The molecule has 1 aliphatic carbocycles. The molecule has 24 heavy (non-hydrogen) atoms. The molecule has 0 radical (unpaired) electrons. The van der Waals surface area contributed by atoms with Crippen molar-refractivity contribution in [2.75, 3.05) is 20.6 Å². The molecule has 0 aliphatic heterocycles. The van der Waals surface area contributed by atoms with Crippen molar-refractivity contribution in [2.45, 2.75) is 52.1 Å². The van der Waals surface area contributed by atoms with E-state index in [9.17, 15) is 4.79 Å². The predicted octanol–water partition coefficient (Wildman–Crippen LogP) is 2.15. The topological polar surface area (TPSA) is 69.6 Å². The molecule has 1 aromatic heterocycles. The Balaban J connectivity index is 1.99. The Labute approximate surface area is 148 Å². The van der Waals surface area contributed by atoms with Gasteiger partial charge in [0.05, 0.1) is 6.54 Å². The first-order chi connectivity index (χ1) is 11.5. The second-order valence-electron chi connectivity index (χ2n) is 6.68. The fourth-order valence-electron chi connectivity index (χ4n) is 2.79. The van der Waals surface area contributed by atoms with Crippen molar-refractivity contribution in [3.8, 4) is 0 Å². The van der Waals surface area contributed by atoms with Crippen molar-refractivity contribution in [1.29, 1.82) is 0 Å². The number of hydrogen-bond donors (Lipinski definition) is 2. The van der Waals surface area contributed by atoms with E-state index >= 15 is 0 Å². The highest BCUT2D eigenvalue weighted by Gasteiger charge is 2.22. The molecule has 1 saturated carbocycles. The standard InChI is InChI=1S/C17H29N5OS/c1-12-7-5-6-8-14(12)21-17(20-11-16(23)22(3)4)19-10-15-18-9-13(2)24-15/h9,12,14H,5-8,10-11H2,1-4H3,(H2,19,20,21). The van der Waals surface area contributed by atoms with Crippen LogP contribution in [-0.4, -0.2) is 48.4 Å². The van der Waals surface area contributed by atoms with Crippen LogP contribution in [0.1, 0.15) is 42.5 Å². The summed E-state index contributed by atoms with van der Waals surface area (Å²) in [5, 5.41) is 7.88. The Hall–Kier alpha value is -1.63. The van der Waals surface area contributed by atoms with Gasteiger partial charge in [-0.1, -0.05) is 19.8 Å². The van der Waals surface area contributed by atoms with Crippen molar-refractivity contribution in [1.82, 2.24) is 20.5 Å². The quantitative estimate of drug-likeness (QED) is 0.630. The first-order valence-electron chi connectivity index (χ1n) is 8.62. The van der Waals surface area contributed by atoms with Crippen LogP contribution in [0.5, 0.6) is 0 Å². The Bertz CT molecular complexity index is 569.